The first-order chi connectivity index (χ1) is 9.20. The average molecular weight is 259 g/mol. The molecule has 1 aromatic carbocycles. The van der Waals surface area contributed by atoms with Crippen LogP contribution in [-0.2, 0) is 19.9 Å². The van der Waals surface area contributed by atoms with Crippen LogP contribution in [0.1, 0.15) is 17.7 Å². The van der Waals surface area contributed by atoms with E-state index in [0.29, 0.717) is 0 Å². The van der Waals surface area contributed by atoms with Crippen LogP contribution < -0.4 is 10.5 Å². The lowest BCUT2D eigenvalue weighted by atomic mass is 10.0. The molecule has 19 heavy (non-hydrogen) atoms. The quantitative estimate of drug-likeness (QED) is 0.862. The second kappa shape index (κ2) is 6.38. The van der Waals surface area contributed by atoms with Crippen LogP contribution in [0, 0.1) is 0 Å². The second-order valence-electron chi connectivity index (χ2n) is 4.76. The fraction of sp³-hybridized carbons (Fsp3) is 0.400. The molecule has 1 heterocycles. The van der Waals surface area contributed by atoms with Crippen LogP contribution in [0.3, 0.4) is 0 Å². The maximum Gasteiger partial charge on any atom is 0.122 e. The van der Waals surface area contributed by atoms with Gasteiger partial charge in [-0.15, -0.1) is 0 Å². The van der Waals surface area contributed by atoms with Gasteiger partial charge < -0.3 is 10.5 Å². The zero-order chi connectivity index (χ0) is 13.7. The van der Waals surface area contributed by atoms with Crippen molar-refractivity contribution in [2.75, 3.05) is 7.11 Å². The zero-order valence-corrected chi connectivity index (χ0v) is 11.5. The highest BCUT2D eigenvalue weighted by molar-refractivity contribution is 5.33. The molecular formula is C15H21N3O. The average Bonchev–Trinajstić information content (AvgIpc) is 2.82. The molecule has 1 unspecified atom stereocenters. The van der Waals surface area contributed by atoms with Gasteiger partial charge in [0.15, 0.2) is 0 Å². The first-order valence-corrected chi connectivity index (χ1v) is 6.55. The molecule has 0 fully saturated rings. The summed E-state index contributed by atoms with van der Waals surface area (Å²) in [6, 6.07) is 10.2. The minimum absolute atomic E-state index is 0.131. The molecule has 102 valence electrons. The van der Waals surface area contributed by atoms with E-state index in [0.717, 1.165) is 25.0 Å². The summed E-state index contributed by atoms with van der Waals surface area (Å²) in [7, 11) is 3.65. The SMILES string of the molecule is COc1ccccc1CC(N)CCc1ccnn1C. The van der Waals surface area contributed by atoms with Crippen molar-refractivity contribution >= 4 is 0 Å². The van der Waals surface area contributed by atoms with Crippen molar-refractivity contribution in [2.45, 2.75) is 25.3 Å². The van der Waals surface area contributed by atoms with Gasteiger partial charge in [0, 0.05) is 25.0 Å². The van der Waals surface area contributed by atoms with E-state index in [1.165, 1.54) is 11.3 Å². The van der Waals surface area contributed by atoms with Gasteiger partial charge in [0.1, 0.15) is 5.75 Å². The summed E-state index contributed by atoms with van der Waals surface area (Å²) in [6.07, 6.45) is 4.55. The Kier molecular flexibility index (Phi) is 4.58. The molecule has 0 aliphatic heterocycles. The number of rotatable bonds is 6. The van der Waals surface area contributed by atoms with E-state index in [9.17, 15) is 0 Å². The highest BCUT2D eigenvalue weighted by Crippen LogP contribution is 2.19. The third kappa shape index (κ3) is 3.58. The van der Waals surface area contributed by atoms with Crippen LogP contribution >= 0.6 is 0 Å². The maximum atomic E-state index is 6.21. The third-order valence-electron chi connectivity index (χ3n) is 3.37. The number of nitrogens with two attached hydrogens (primary N) is 1. The first kappa shape index (κ1) is 13.6. The molecule has 0 saturated heterocycles. The van der Waals surface area contributed by atoms with E-state index < -0.39 is 0 Å². The molecule has 1 aromatic heterocycles. The predicted octanol–water partition coefficient (Wildman–Crippen LogP) is 1.93. The molecule has 0 spiro atoms. The Balaban J connectivity index is 1.90. The Morgan fingerprint density at radius 1 is 1.32 bits per heavy atom. The molecule has 4 nitrogen and oxygen atoms in total. The number of aryl methyl sites for hydroxylation is 2. The monoisotopic (exact) mass is 259 g/mol. The summed E-state index contributed by atoms with van der Waals surface area (Å²) in [5.41, 5.74) is 8.60. The number of nitrogens with zero attached hydrogens (tertiary/aromatic N) is 2. The van der Waals surface area contributed by atoms with Crippen LogP contribution in [0.5, 0.6) is 5.75 Å². The van der Waals surface area contributed by atoms with Gasteiger partial charge in [0.25, 0.3) is 0 Å². The summed E-state index contributed by atoms with van der Waals surface area (Å²) < 4.78 is 7.24. The van der Waals surface area contributed by atoms with Crippen molar-refractivity contribution in [1.82, 2.24) is 9.78 Å². The normalized spacial score (nSPS) is 12.4. The Labute approximate surface area is 114 Å². The topological polar surface area (TPSA) is 53.1 Å². The minimum Gasteiger partial charge on any atom is -0.496 e. The first-order valence-electron chi connectivity index (χ1n) is 6.55. The molecule has 0 radical (unpaired) electrons. The lowest BCUT2D eigenvalue weighted by molar-refractivity contribution is 0.407. The van der Waals surface area contributed by atoms with Crippen LogP contribution in [0.4, 0.5) is 0 Å². The van der Waals surface area contributed by atoms with Crippen LogP contribution in [0.15, 0.2) is 36.5 Å². The Morgan fingerprint density at radius 2 is 2.11 bits per heavy atom. The summed E-state index contributed by atoms with van der Waals surface area (Å²) >= 11 is 0. The molecule has 2 rings (SSSR count). The fourth-order valence-electron chi connectivity index (χ4n) is 2.24. The largest absolute Gasteiger partial charge is 0.496 e. The molecule has 2 N–H and O–H groups in total. The number of methoxy groups -OCH3 is 1. The van der Waals surface area contributed by atoms with Gasteiger partial charge in [-0.05, 0) is 37.0 Å². The van der Waals surface area contributed by atoms with Gasteiger partial charge in [0.2, 0.25) is 0 Å². The molecule has 0 bridgehead atoms. The second-order valence-corrected chi connectivity index (χ2v) is 4.76. The number of hydrogen-bond acceptors (Lipinski definition) is 3. The van der Waals surface area contributed by atoms with Crippen LogP contribution in [0.25, 0.3) is 0 Å². The lowest BCUT2D eigenvalue weighted by Gasteiger charge is -2.14. The van der Waals surface area contributed by atoms with Crippen molar-refractivity contribution in [1.29, 1.82) is 0 Å². The van der Waals surface area contributed by atoms with Gasteiger partial charge in [-0.1, -0.05) is 18.2 Å². The van der Waals surface area contributed by atoms with Crippen molar-refractivity contribution in [3.63, 3.8) is 0 Å². The Morgan fingerprint density at radius 3 is 2.79 bits per heavy atom. The summed E-state index contributed by atoms with van der Waals surface area (Å²) in [5, 5.41) is 4.16. The minimum atomic E-state index is 0.131. The summed E-state index contributed by atoms with van der Waals surface area (Å²) in [5.74, 6) is 0.915. The molecule has 0 aliphatic rings. The summed E-state index contributed by atoms with van der Waals surface area (Å²) in [4.78, 5) is 0. The predicted molar refractivity (Wildman–Crippen MR) is 76.2 cm³/mol. The van der Waals surface area contributed by atoms with Gasteiger partial charge in [-0.2, -0.15) is 5.10 Å². The van der Waals surface area contributed by atoms with E-state index in [-0.39, 0.29) is 6.04 Å². The third-order valence-corrected chi connectivity index (χ3v) is 3.37. The highest BCUT2D eigenvalue weighted by Gasteiger charge is 2.09. The van der Waals surface area contributed by atoms with E-state index in [1.807, 2.05) is 42.2 Å². The Bertz CT molecular complexity index is 522. The number of para-hydroxylation sites is 1. The number of hydrogen-bond donors (Lipinski definition) is 1. The van der Waals surface area contributed by atoms with E-state index in [1.54, 1.807) is 7.11 Å². The standard InChI is InChI=1S/C15H21N3O/c1-18-14(9-10-17-18)8-7-13(16)11-12-5-3-4-6-15(12)19-2/h3-6,9-10,13H,7-8,11,16H2,1-2H3. The number of aromatic nitrogens is 2. The molecular weight excluding hydrogens is 238 g/mol. The summed E-state index contributed by atoms with van der Waals surface area (Å²) in [6.45, 7) is 0. The van der Waals surface area contributed by atoms with Crippen LogP contribution in [-0.4, -0.2) is 22.9 Å². The number of ether oxygens (including phenoxy) is 1. The molecule has 0 saturated carbocycles. The maximum absolute atomic E-state index is 6.21. The fourth-order valence-corrected chi connectivity index (χ4v) is 2.24. The van der Waals surface area contributed by atoms with E-state index >= 15 is 0 Å². The smallest absolute Gasteiger partial charge is 0.122 e. The van der Waals surface area contributed by atoms with Gasteiger partial charge in [-0.3, -0.25) is 4.68 Å². The van der Waals surface area contributed by atoms with Gasteiger partial charge >= 0.3 is 0 Å². The van der Waals surface area contributed by atoms with Crippen molar-refractivity contribution in [3.05, 3.63) is 47.8 Å². The molecule has 0 amide bonds. The van der Waals surface area contributed by atoms with Crippen molar-refractivity contribution < 1.29 is 4.74 Å². The van der Waals surface area contributed by atoms with Gasteiger partial charge in [-0.25, -0.2) is 0 Å². The van der Waals surface area contributed by atoms with Crippen LogP contribution in [0.2, 0.25) is 0 Å². The molecule has 4 heteroatoms. The lowest BCUT2D eigenvalue weighted by Crippen LogP contribution is -2.24. The van der Waals surface area contributed by atoms with E-state index in [4.69, 9.17) is 10.5 Å². The molecule has 1 atom stereocenters. The van der Waals surface area contributed by atoms with E-state index in [2.05, 4.69) is 11.2 Å². The van der Waals surface area contributed by atoms with Gasteiger partial charge in [0.05, 0.1) is 7.11 Å². The molecule has 0 aliphatic carbocycles. The number of benzene rings is 1. The highest BCUT2D eigenvalue weighted by atomic mass is 16.5. The molecule has 2 aromatic rings. The van der Waals surface area contributed by atoms with Crippen molar-refractivity contribution in [3.8, 4) is 5.75 Å². The Hall–Kier alpha value is -1.81. The zero-order valence-electron chi connectivity index (χ0n) is 11.5. The van der Waals surface area contributed by atoms with Crippen molar-refractivity contribution in [2.24, 2.45) is 12.8 Å².